The van der Waals surface area contributed by atoms with Gasteiger partial charge in [-0.3, -0.25) is 4.79 Å². The van der Waals surface area contributed by atoms with Crippen LogP contribution in [-0.2, 0) is 4.79 Å². The first kappa shape index (κ1) is 14.1. The molecule has 0 saturated heterocycles. The van der Waals surface area contributed by atoms with Crippen LogP contribution < -0.4 is 10.6 Å². The van der Waals surface area contributed by atoms with Crippen LogP contribution in [0.5, 0.6) is 0 Å². The smallest absolute Gasteiger partial charge is 0.226 e. The highest BCUT2D eigenvalue weighted by Gasteiger charge is 2.06. The van der Waals surface area contributed by atoms with Crippen molar-refractivity contribution in [1.82, 2.24) is 0 Å². The van der Waals surface area contributed by atoms with Gasteiger partial charge in [0.05, 0.1) is 0 Å². The molecule has 0 atom stereocenters. The molecule has 0 aliphatic rings. The lowest BCUT2D eigenvalue weighted by atomic mass is 10.2. The highest BCUT2D eigenvalue weighted by atomic mass is 19.1. The number of anilines is 3. The Bertz CT molecular complexity index is 594. The molecule has 4 heteroatoms. The minimum atomic E-state index is -0.282. The van der Waals surface area contributed by atoms with Gasteiger partial charge < -0.3 is 10.6 Å². The molecule has 104 valence electrons. The van der Waals surface area contributed by atoms with E-state index in [1.807, 2.05) is 38.1 Å². The first-order valence-corrected chi connectivity index (χ1v) is 6.48. The number of hydrogen-bond donors (Lipinski definition) is 2. The normalized spacial score (nSPS) is 10.4. The average Bonchev–Trinajstić information content (AvgIpc) is 2.41. The van der Waals surface area contributed by atoms with Crippen molar-refractivity contribution in [2.24, 2.45) is 5.92 Å². The van der Waals surface area contributed by atoms with E-state index in [0.29, 0.717) is 5.69 Å². The van der Waals surface area contributed by atoms with E-state index < -0.39 is 0 Å². The number of rotatable bonds is 4. The van der Waals surface area contributed by atoms with E-state index in [-0.39, 0.29) is 17.6 Å². The molecule has 0 saturated carbocycles. The summed E-state index contributed by atoms with van der Waals surface area (Å²) in [5.41, 5.74) is 2.26. The summed E-state index contributed by atoms with van der Waals surface area (Å²) >= 11 is 0. The quantitative estimate of drug-likeness (QED) is 0.877. The molecule has 0 fully saturated rings. The second kappa shape index (κ2) is 6.19. The Hall–Kier alpha value is -2.36. The van der Waals surface area contributed by atoms with Gasteiger partial charge in [0.15, 0.2) is 0 Å². The van der Waals surface area contributed by atoms with Crippen molar-refractivity contribution in [3.63, 3.8) is 0 Å². The summed E-state index contributed by atoms with van der Waals surface area (Å²) in [4.78, 5) is 11.6. The lowest BCUT2D eigenvalue weighted by molar-refractivity contribution is -0.118. The third kappa shape index (κ3) is 3.82. The molecule has 0 spiro atoms. The summed E-state index contributed by atoms with van der Waals surface area (Å²) in [7, 11) is 0. The van der Waals surface area contributed by atoms with Crippen molar-refractivity contribution in [1.29, 1.82) is 0 Å². The monoisotopic (exact) mass is 272 g/mol. The van der Waals surface area contributed by atoms with Gasteiger partial charge in [-0.15, -0.1) is 0 Å². The van der Waals surface area contributed by atoms with E-state index in [1.54, 1.807) is 12.1 Å². The van der Waals surface area contributed by atoms with E-state index in [9.17, 15) is 9.18 Å². The third-order valence-electron chi connectivity index (χ3n) is 2.79. The van der Waals surface area contributed by atoms with Crippen molar-refractivity contribution in [3.05, 3.63) is 54.3 Å². The van der Waals surface area contributed by atoms with Gasteiger partial charge in [-0.2, -0.15) is 0 Å². The van der Waals surface area contributed by atoms with Gasteiger partial charge in [0.25, 0.3) is 0 Å². The number of benzene rings is 2. The van der Waals surface area contributed by atoms with E-state index >= 15 is 0 Å². The standard InChI is InChI=1S/C16H17FN2O/c1-11(2)16(20)19-14-8-6-13(7-9-14)18-15-5-3-4-12(17)10-15/h3-11,18H,1-2H3,(H,19,20). The molecule has 0 unspecified atom stereocenters. The maximum Gasteiger partial charge on any atom is 0.226 e. The van der Waals surface area contributed by atoms with Crippen molar-refractivity contribution in [3.8, 4) is 0 Å². The Labute approximate surface area is 117 Å². The molecular formula is C16H17FN2O. The highest BCUT2D eigenvalue weighted by Crippen LogP contribution is 2.19. The van der Waals surface area contributed by atoms with Crippen LogP contribution in [0.25, 0.3) is 0 Å². The molecule has 2 aromatic carbocycles. The van der Waals surface area contributed by atoms with Crippen molar-refractivity contribution >= 4 is 23.0 Å². The maximum atomic E-state index is 13.1. The minimum absolute atomic E-state index is 0.0177. The van der Waals surface area contributed by atoms with Gasteiger partial charge in [-0.25, -0.2) is 4.39 Å². The van der Waals surface area contributed by atoms with Gasteiger partial charge >= 0.3 is 0 Å². The minimum Gasteiger partial charge on any atom is -0.355 e. The predicted octanol–water partition coefficient (Wildman–Crippen LogP) is 4.16. The molecule has 3 nitrogen and oxygen atoms in total. The number of amides is 1. The number of carbonyl (C=O) groups excluding carboxylic acids is 1. The summed E-state index contributed by atoms with van der Waals surface area (Å²) in [6.07, 6.45) is 0. The second-order valence-electron chi connectivity index (χ2n) is 4.86. The Balaban J connectivity index is 2.03. The molecule has 0 radical (unpaired) electrons. The van der Waals surface area contributed by atoms with Crippen LogP contribution in [0.1, 0.15) is 13.8 Å². The highest BCUT2D eigenvalue weighted by molar-refractivity contribution is 5.92. The second-order valence-corrected chi connectivity index (χ2v) is 4.86. The van der Waals surface area contributed by atoms with Crippen LogP contribution in [0.3, 0.4) is 0 Å². The third-order valence-corrected chi connectivity index (χ3v) is 2.79. The zero-order chi connectivity index (χ0) is 14.5. The zero-order valence-corrected chi connectivity index (χ0v) is 11.5. The number of hydrogen-bond acceptors (Lipinski definition) is 2. The van der Waals surface area contributed by atoms with Crippen molar-refractivity contribution in [2.75, 3.05) is 10.6 Å². The zero-order valence-electron chi connectivity index (χ0n) is 11.5. The van der Waals surface area contributed by atoms with Crippen LogP contribution in [0.15, 0.2) is 48.5 Å². The van der Waals surface area contributed by atoms with Gasteiger partial charge in [0, 0.05) is 23.0 Å². The molecule has 20 heavy (non-hydrogen) atoms. The number of halogens is 1. The molecule has 2 aromatic rings. The largest absolute Gasteiger partial charge is 0.355 e. The molecule has 0 heterocycles. The molecule has 2 N–H and O–H groups in total. The lowest BCUT2D eigenvalue weighted by Crippen LogP contribution is -2.17. The Kier molecular flexibility index (Phi) is 4.35. The first-order chi connectivity index (χ1) is 9.54. The Morgan fingerprint density at radius 1 is 1.00 bits per heavy atom. The molecule has 0 aliphatic heterocycles. The molecule has 0 aliphatic carbocycles. The summed E-state index contributed by atoms with van der Waals surface area (Å²) in [5.74, 6) is -0.355. The number of carbonyl (C=O) groups is 1. The van der Waals surface area contributed by atoms with E-state index in [0.717, 1.165) is 11.4 Å². The fourth-order valence-electron chi connectivity index (χ4n) is 1.66. The van der Waals surface area contributed by atoms with E-state index in [1.165, 1.54) is 12.1 Å². The summed E-state index contributed by atoms with van der Waals surface area (Å²) in [5, 5.41) is 5.91. The van der Waals surface area contributed by atoms with E-state index in [4.69, 9.17) is 0 Å². The molecule has 2 rings (SSSR count). The van der Waals surface area contributed by atoms with Gasteiger partial charge in [0.2, 0.25) is 5.91 Å². The molecular weight excluding hydrogens is 255 g/mol. The van der Waals surface area contributed by atoms with Gasteiger partial charge in [0.1, 0.15) is 5.82 Å². The Morgan fingerprint density at radius 3 is 2.25 bits per heavy atom. The molecule has 0 bridgehead atoms. The van der Waals surface area contributed by atoms with Gasteiger partial charge in [-0.1, -0.05) is 19.9 Å². The van der Waals surface area contributed by atoms with Crippen molar-refractivity contribution in [2.45, 2.75) is 13.8 Å². The van der Waals surface area contributed by atoms with Crippen LogP contribution in [0, 0.1) is 11.7 Å². The van der Waals surface area contributed by atoms with Crippen LogP contribution >= 0.6 is 0 Å². The topological polar surface area (TPSA) is 41.1 Å². The molecule has 1 amide bonds. The number of nitrogens with one attached hydrogen (secondary N) is 2. The average molecular weight is 272 g/mol. The predicted molar refractivity (Wildman–Crippen MR) is 79.6 cm³/mol. The lowest BCUT2D eigenvalue weighted by Gasteiger charge is -2.10. The van der Waals surface area contributed by atoms with Crippen molar-refractivity contribution < 1.29 is 9.18 Å². The van der Waals surface area contributed by atoms with Gasteiger partial charge in [-0.05, 0) is 42.5 Å². The van der Waals surface area contributed by atoms with Crippen LogP contribution in [-0.4, -0.2) is 5.91 Å². The van der Waals surface area contributed by atoms with E-state index in [2.05, 4.69) is 10.6 Å². The molecule has 0 aromatic heterocycles. The fourth-order valence-corrected chi connectivity index (χ4v) is 1.66. The van der Waals surface area contributed by atoms with Crippen LogP contribution in [0.2, 0.25) is 0 Å². The summed E-state index contributed by atoms with van der Waals surface area (Å²) < 4.78 is 13.1. The fraction of sp³-hybridized carbons (Fsp3) is 0.188. The Morgan fingerprint density at radius 2 is 1.65 bits per heavy atom. The first-order valence-electron chi connectivity index (χ1n) is 6.48. The summed E-state index contributed by atoms with van der Waals surface area (Å²) in [6, 6.07) is 13.5. The van der Waals surface area contributed by atoms with Crippen LogP contribution in [0.4, 0.5) is 21.5 Å². The SMILES string of the molecule is CC(C)C(=O)Nc1ccc(Nc2cccc(F)c2)cc1. The maximum absolute atomic E-state index is 13.1. The summed E-state index contributed by atoms with van der Waals surface area (Å²) in [6.45, 7) is 3.68.